The summed E-state index contributed by atoms with van der Waals surface area (Å²) in [6, 6.07) is 0. The zero-order valence-corrected chi connectivity index (χ0v) is 9.79. The van der Waals surface area contributed by atoms with E-state index in [1.54, 1.807) is 0 Å². The summed E-state index contributed by atoms with van der Waals surface area (Å²) in [5.41, 5.74) is 0. The first kappa shape index (κ1) is 10.7. The van der Waals surface area contributed by atoms with E-state index in [0.717, 1.165) is 0 Å². The van der Waals surface area contributed by atoms with E-state index in [4.69, 9.17) is 14.4 Å². The first-order valence-electron chi connectivity index (χ1n) is 0.617. The fraction of sp³-hybridized carbons (Fsp3) is 0. The van der Waals surface area contributed by atoms with Crippen LogP contribution in [0.1, 0.15) is 0 Å². The smallest absolute Gasteiger partial charge is 1.00 e. The van der Waals surface area contributed by atoms with Crippen LogP contribution in [0, 0.1) is 0 Å². The molecule has 0 saturated heterocycles. The molecule has 0 bridgehead atoms. The van der Waals surface area contributed by atoms with E-state index in [2.05, 4.69) is 0 Å². The van der Waals surface area contributed by atoms with Gasteiger partial charge in [-0.15, -0.1) is 0 Å². The van der Waals surface area contributed by atoms with E-state index in [1.165, 1.54) is 0 Å². The summed E-state index contributed by atoms with van der Waals surface area (Å²) in [7, 11) is 0. The molecule has 32 valence electrons. The molecule has 6 heavy (non-hydrogen) atoms. The molecule has 0 rings (SSSR count). The summed E-state index contributed by atoms with van der Waals surface area (Å²) >= 11 is -5.94. The number of rotatable bonds is 0. The normalized spacial score (nSPS) is 9.50. The molecule has 0 aliphatic rings. The third-order valence-electron chi connectivity index (χ3n) is 0. The van der Waals surface area contributed by atoms with Gasteiger partial charge in [-0.25, -0.2) is 0 Å². The van der Waals surface area contributed by atoms with Crippen LogP contribution in [-0.2, 0) is 26.0 Å². The van der Waals surface area contributed by atoms with Gasteiger partial charge in [0.25, 0.3) is 0 Å². The number of hydrogen-bond acceptors (Lipinski definition) is 4. The molecule has 0 saturated carbocycles. The molecule has 0 spiro atoms. The van der Waals surface area contributed by atoms with Crippen LogP contribution in [-0.4, -0.2) is 0 Å². The van der Waals surface area contributed by atoms with Gasteiger partial charge < -0.3 is 0 Å². The average molecular weight is 247 g/mol. The predicted octanol–water partition coefficient (Wildman–Crippen LogP) is -4.54. The second-order valence-electron chi connectivity index (χ2n) is 0.378. The maximum atomic E-state index is 8.62. The van der Waals surface area contributed by atoms with E-state index >= 15 is 0 Å². The maximum absolute atomic E-state index is 8.62. The Labute approximate surface area is 85.9 Å². The predicted molar refractivity (Wildman–Crippen MR) is 2.06 cm³/mol. The molecular formula is O4RbTc. The third-order valence-corrected chi connectivity index (χ3v) is 0. The van der Waals surface area contributed by atoms with Crippen molar-refractivity contribution in [1.29, 1.82) is 0 Å². The monoisotopic (exact) mass is 246 g/mol. The van der Waals surface area contributed by atoms with Gasteiger partial charge >= 0.3 is 88.1 Å². The van der Waals surface area contributed by atoms with E-state index in [9.17, 15) is 0 Å². The first-order valence-corrected chi connectivity index (χ1v) is 3.65. The van der Waals surface area contributed by atoms with E-state index in [0.29, 0.717) is 0 Å². The van der Waals surface area contributed by atoms with E-state index in [-0.39, 0.29) is 58.2 Å². The topological polar surface area (TPSA) is 74.3 Å². The standard InChI is InChI=1S/4O.Rb.Tc/q;;;-1;+1;. The Hall–Kier alpha value is 1.81. The summed E-state index contributed by atoms with van der Waals surface area (Å²) in [6.45, 7) is 0. The molecule has 0 N–H and O–H groups in total. The van der Waals surface area contributed by atoms with E-state index in [1.807, 2.05) is 0 Å². The van der Waals surface area contributed by atoms with Gasteiger partial charge in [0.15, 0.2) is 0 Å². The Kier molecular flexibility index (Phi) is 6.75. The minimum atomic E-state index is -5.94. The Bertz CT molecular complexity index is 129. The van der Waals surface area contributed by atoms with Gasteiger partial charge in [-0.2, -0.15) is 0 Å². The summed E-state index contributed by atoms with van der Waals surface area (Å²) in [5.74, 6) is 0. The SMILES string of the molecule is [O]=[Tc](=[O])(=[O])[O-].[Rb+]. The van der Waals surface area contributed by atoms with Crippen LogP contribution in [0.2, 0.25) is 0 Å². The van der Waals surface area contributed by atoms with Crippen molar-refractivity contribution in [3.8, 4) is 0 Å². The molecule has 0 aliphatic heterocycles. The zero-order chi connectivity index (χ0) is 4.50. The molecule has 0 unspecified atom stereocenters. The van der Waals surface area contributed by atoms with Crippen LogP contribution in [0.3, 0.4) is 0 Å². The molecule has 0 aliphatic carbocycles. The van der Waals surface area contributed by atoms with Crippen molar-refractivity contribution in [3.05, 3.63) is 0 Å². The Morgan fingerprint density at radius 3 is 1.17 bits per heavy atom. The first-order chi connectivity index (χ1) is 2.00. The van der Waals surface area contributed by atoms with Gasteiger partial charge in [0.2, 0.25) is 0 Å². The molecule has 0 atom stereocenters. The van der Waals surface area contributed by atoms with Gasteiger partial charge in [-0.3, -0.25) is 0 Å². The summed E-state index contributed by atoms with van der Waals surface area (Å²) in [6.07, 6.45) is 0. The molecule has 0 amide bonds. The second kappa shape index (κ2) is 3.77. The minimum absolute atomic E-state index is 0. The molecule has 4 nitrogen and oxygen atoms in total. The molecule has 0 aromatic heterocycles. The fourth-order valence-corrected chi connectivity index (χ4v) is 0. The summed E-state index contributed by atoms with van der Waals surface area (Å²) in [4.78, 5) is 0. The van der Waals surface area contributed by atoms with Crippen LogP contribution in [0.25, 0.3) is 0 Å². The third kappa shape index (κ3) is 40.9. The summed E-state index contributed by atoms with van der Waals surface area (Å²) in [5, 5.41) is 0. The molecule has 0 aromatic rings. The van der Waals surface area contributed by atoms with Crippen molar-refractivity contribution in [2.45, 2.75) is 0 Å². The van der Waals surface area contributed by atoms with Crippen LogP contribution in [0.4, 0.5) is 0 Å². The Morgan fingerprint density at radius 1 is 1.17 bits per heavy atom. The van der Waals surface area contributed by atoms with Gasteiger partial charge in [0, 0.05) is 0 Å². The van der Waals surface area contributed by atoms with Crippen LogP contribution < -0.4 is 62.1 Å². The molecule has 0 fully saturated rings. The van der Waals surface area contributed by atoms with Gasteiger partial charge in [-0.05, 0) is 0 Å². The quantitative estimate of drug-likeness (QED) is 0.432. The van der Waals surface area contributed by atoms with Gasteiger partial charge in [0.05, 0.1) is 0 Å². The average Bonchev–Trinajstić information content (AvgIpc) is 0.722. The van der Waals surface area contributed by atoms with E-state index < -0.39 is 15.5 Å². The minimum Gasteiger partial charge on any atom is 1.00 e. The molecule has 0 aromatic carbocycles. The van der Waals surface area contributed by atoms with Crippen molar-refractivity contribution in [1.82, 2.24) is 0 Å². The van der Waals surface area contributed by atoms with Crippen molar-refractivity contribution in [2.75, 3.05) is 0 Å². The van der Waals surface area contributed by atoms with Crippen molar-refractivity contribution in [2.24, 2.45) is 0 Å². The van der Waals surface area contributed by atoms with Crippen LogP contribution in [0.15, 0.2) is 0 Å². The second-order valence-corrected chi connectivity index (χ2v) is 2.24. The Morgan fingerprint density at radius 2 is 1.17 bits per heavy atom. The fourth-order valence-electron chi connectivity index (χ4n) is 0. The molecule has 0 heterocycles. The van der Waals surface area contributed by atoms with Crippen LogP contribution in [0.5, 0.6) is 0 Å². The zero-order valence-electron chi connectivity index (χ0n) is 3.01. The Balaban J connectivity index is 0. The molecule has 0 radical (unpaired) electrons. The molecular weight excluding hydrogens is 247 g/mol. The summed E-state index contributed by atoms with van der Waals surface area (Å²) < 4.78 is 34.5. The maximum Gasteiger partial charge on any atom is 1.00 e. The number of hydrogen-bond donors (Lipinski definition) is 0. The van der Waals surface area contributed by atoms with Crippen molar-refractivity contribution < 1.29 is 88.1 Å². The van der Waals surface area contributed by atoms with Crippen molar-refractivity contribution >= 4 is 0 Å². The van der Waals surface area contributed by atoms with Crippen molar-refractivity contribution in [3.63, 3.8) is 0 Å². The van der Waals surface area contributed by atoms with Gasteiger partial charge in [-0.1, -0.05) is 0 Å². The van der Waals surface area contributed by atoms with Gasteiger partial charge in [0.1, 0.15) is 0 Å². The van der Waals surface area contributed by atoms with Crippen LogP contribution >= 0.6 is 0 Å². The molecule has 6 heteroatoms. The largest absolute Gasteiger partial charge is 1.00 e.